The van der Waals surface area contributed by atoms with Gasteiger partial charge in [-0.1, -0.05) is 42.5 Å². The van der Waals surface area contributed by atoms with Gasteiger partial charge in [-0.2, -0.15) is 8.78 Å². The van der Waals surface area contributed by atoms with Crippen LogP contribution >= 0.6 is 0 Å². The molecular formula is C27H25F3O2. The van der Waals surface area contributed by atoms with E-state index in [4.69, 9.17) is 9.47 Å². The molecule has 0 amide bonds. The zero-order valence-electron chi connectivity index (χ0n) is 18.0. The van der Waals surface area contributed by atoms with Gasteiger partial charge in [0, 0.05) is 17.5 Å². The molecule has 1 heterocycles. The third-order valence-electron chi connectivity index (χ3n) is 5.69. The predicted molar refractivity (Wildman–Crippen MR) is 119 cm³/mol. The maximum atomic E-state index is 15.2. The molecule has 0 saturated carbocycles. The summed E-state index contributed by atoms with van der Waals surface area (Å²) in [5, 5.41) is 0. The van der Waals surface area contributed by atoms with E-state index in [1.54, 1.807) is 19.1 Å². The van der Waals surface area contributed by atoms with E-state index >= 15 is 4.39 Å². The number of fused-ring (bicyclic) bond motifs is 2. The molecule has 3 aromatic carbocycles. The van der Waals surface area contributed by atoms with Gasteiger partial charge in [0.1, 0.15) is 0 Å². The molecule has 5 heteroatoms. The lowest BCUT2D eigenvalue weighted by atomic mass is 9.95. The van der Waals surface area contributed by atoms with Crippen LogP contribution in [0.15, 0.2) is 55.1 Å². The van der Waals surface area contributed by atoms with Crippen LogP contribution in [0.2, 0.25) is 0 Å². The van der Waals surface area contributed by atoms with E-state index in [0.29, 0.717) is 29.5 Å². The second-order valence-corrected chi connectivity index (χ2v) is 7.87. The average Bonchev–Trinajstić information content (AvgIpc) is 2.81. The summed E-state index contributed by atoms with van der Waals surface area (Å²) in [5.74, 6) is -3.27. The maximum Gasteiger partial charge on any atom is 0.205 e. The molecule has 0 spiro atoms. The van der Waals surface area contributed by atoms with Crippen LogP contribution in [-0.4, -0.2) is 6.61 Å². The van der Waals surface area contributed by atoms with Crippen LogP contribution in [0.5, 0.6) is 17.2 Å². The summed E-state index contributed by atoms with van der Waals surface area (Å²) in [4.78, 5) is 0. The van der Waals surface area contributed by atoms with Gasteiger partial charge in [0.15, 0.2) is 23.1 Å². The lowest BCUT2D eigenvalue weighted by molar-refractivity contribution is 0.306. The Hall–Kier alpha value is -3.21. The zero-order chi connectivity index (χ0) is 22.7. The fourth-order valence-corrected chi connectivity index (χ4v) is 3.95. The first-order valence-electron chi connectivity index (χ1n) is 10.8. The van der Waals surface area contributed by atoms with Gasteiger partial charge in [-0.05, 0) is 55.4 Å². The van der Waals surface area contributed by atoms with E-state index in [1.165, 1.54) is 11.6 Å². The van der Waals surface area contributed by atoms with Crippen molar-refractivity contribution in [2.24, 2.45) is 0 Å². The molecule has 0 radical (unpaired) electrons. The number of halogens is 3. The quantitative estimate of drug-likeness (QED) is 0.273. The largest absolute Gasteiger partial charge is 0.491 e. The highest BCUT2D eigenvalue weighted by molar-refractivity contribution is 5.54. The molecule has 0 fully saturated rings. The smallest absolute Gasteiger partial charge is 0.205 e. The van der Waals surface area contributed by atoms with Crippen LogP contribution < -0.4 is 9.47 Å². The van der Waals surface area contributed by atoms with Crippen molar-refractivity contribution in [2.45, 2.75) is 39.0 Å². The summed E-state index contributed by atoms with van der Waals surface area (Å²) in [7, 11) is 0. The minimum atomic E-state index is -1.15. The van der Waals surface area contributed by atoms with Crippen molar-refractivity contribution in [3.8, 4) is 17.2 Å². The SMILES string of the molecule is C=CCCc1ccc(CCc2ccc3c(c2F)Oc2c(cc(OCC)c(F)c2F)C3)cc1. The van der Waals surface area contributed by atoms with Gasteiger partial charge < -0.3 is 9.47 Å². The third kappa shape index (κ3) is 4.38. The van der Waals surface area contributed by atoms with Crippen molar-refractivity contribution < 1.29 is 22.6 Å². The average molecular weight is 438 g/mol. The van der Waals surface area contributed by atoms with Crippen molar-refractivity contribution in [3.05, 3.63) is 100 Å². The first kappa shape index (κ1) is 22.0. The molecular weight excluding hydrogens is 413 g/mol. The molecule has 0 saturated heterocycles. The number of hydrogen-bond acceptors (Lipinski definition) is 2. The summed E-state index contributed by atoms with van der Waals surface area (Å²) in [6.07, 6.45) is 5.15. The van der Waals surface area contributed by atoms with Crippen molar-refractivity contribution in [1.29, 1.82) is 0 Å². The lowest BCUT2D eigenvalue weighted by Gasteiger charge is -2.23. The van der Waals surface area contributed by atoms with Gasteiger partial charge >= 0.3 is 0 Å². The van der Waals surface area contributed by atoms with Crippen LogP contribution in [0.25, 0.3) is 0 Å². The van der Waals surface area contributed by atoms with E-state index in [0.717, 1.165) is 18.4 Å². The molecule has 1 aliphatic heterocycles. The molecule has 32 heavy (non-hydrogen) atoms. The Morgan fingerprint density at radius 2 is 1.56 bits per heavy atom. The molecule has 0 N–H and O–H groups in total. The number of rotatable bonds is 8. The fourth-order valence-electron chi connectivity index (χ4n) is 3.95. The third-order valence-corrected chi connectivity index (χ3v) is 5.69. The van der Waals surface area contributed by atoms with Gasteiger partial charge in [0.05, 0.1) is 6.61 Å². The monoisotopic (exact) mass is 438 g/mol. The summed E-state index contributed by atoms with van der Waals surface area (Å²) in [6, 6.07) is 13.2. The zero-order valence-corrected chi connectivity index (χ0v) is 18.0. The molecule has 0 bridgehead atoms. The summed E-state index contributed by atoms with van der Waals surface area (Å²) < 4.78 is 54.7. The molecule has 0 unspecified atom stereocenters. The molecule has 0 aliphatic carbocycles. The van der Waals surface area contributed by atoms with Gasteiger partial charge in [0.2, 0.25) is 11.6 Å². The standard InChI is InChI=1S/C27H25F3O2/c1-3-5-6-17-7-9-18(10-8-17)11-12-19-13-14-20-15-21-16-22(31-4-2)24(29)25(30)27(21)32-26(20)23(19)28/h3,7-10,13-14,16H,1,4-6,11-12,15H2,2H3. The number of allylic oxidation sites excluding steroid dienone is 1. The molecule has 2 nitrogen and oxygen atoms in total. The van der Waals surface area contributed by atoms with Gasteiger partial charge in [-0.15, -0.1) is 6.58 Å². The molecule has 0 atom stereocenters. The predicted octanol–water partition coefficient (Wildman–Crippen LogP) is 7.10. The number of ether oxygens (including phenoxy) is 2. The Morgan fingerprint density at radius 3 is 2.25 bits per heavy atom. The normalized spacial score (nSPS) is 12.0. The van der Waals surface area contributed by atoms with Crippen LogP contribution in [0, 0.1) is 17.5 Å². The summed E-state index contributed by atoms with van der Waals surface area (Å²) in [6.45, 7) is 5.64. The number of hydrogen-bond donors (Lipinski definition) is 0. The lowest BCUT2D eigenvalue weighted by Crippen LogP contribution is -2.11. The van der Waals surface area contributed by atoms with Gasteiger partial charge in [-0.25, -0.2) is 4.39 Å². The molecule has 1 aliphatic rings. The number of benzene rings is 3. The summed E-state index contributed by atoms with van der Waals surface area (Å²) in [5.41, 5.74) is 3.85. The molecule has 4 rings (SSSR count). The summed E-state index contributed by atoms with van der Waals surface area (Å²) >= 11 is 0. The minimum absolute atomic E-state index is 0.0303. The highest BCUT2D eigenvalue weighted by Gasteiger charge is 2.28. The van der Waals surface area contributed by atoms with E-state index < -0.39 is 17.5 Å². The number of aryl methyl sites for hydroxylation is 3. The Kier molecular flexibility index (Phi) is 6.54. The highest BCUT2D eigenvalue weighted by Crippen LogP contribution is 2.43. The van der Waals surface area contributed by atoms with Gasteiger partial charge in [0.25, 0.3) is 0 Å². The van der Waals surface area contributed by atoms with Crippen molar-refractivity contribution in [1.82, 2.24) is 0 Å². The molecule has 166 valence electrons. The minimum Gasteiger partial charge on any atom is -0.491 e. The molecule has 3 aromatic rings. The van der Waals surface area contributed by atoms with Crippen LogP contribution in [0.3, 0.4) is 0 Å². The van der Waals surface area contributed by atoms with E-state index in [2.05, 4.69) is 30.8 Å². The van der Waals surface area contributed by atoms with Crippen LogP contribution in [0.4, 0.5) is 13.2 Å². The first-order valence-corrected chi connectivity index (χ1v) is 10.8. The van der Waals surface area contributed by atoms with Gasteiger partial charge in [-0.3, -0.25) is 0 Å². The van der Waals surface area contributed by atoms with E-state index in [1.807, 2.05) is 6.08 Å². The van der Waals surface area contributed by atoms with Crippen LogP contribution in [-0.2, 0) is 25.7 Å². The Balaban J connectivity index is 1.52. The second kappa shape index (κ2) is 9.51. The first-order chi connectivity index (χ1) is 15.5. The Morgan fingerprint density at radius 1 is 0.875 bits per heavy atom. The maximum absolute atomic E-state index is 15.2. The highest BCUT2D eigenvalue weighted by atomic mass is 19.2. The Bertz CT molecular complexity index is 1140. The topological polar surface area (TPSA) is 18.5 Å². The van der Waals surface area contributed by atoms with Crippen molar-refractivity contribution >= 4 is 0 Å². The van der Waals surface area contributed by atoms with Crippen molar-refractivity contribution in [3.63, 3.8) is 0 Å². The Labute approximate surface area is 186 Å². The van der Waals surface area contributed by atoms with E-state index in [-0.39, 0.29) is 30.3 Å². The second-order valence-electron chi connectivity index (χ2n) is 7.87. The fraction of sp³-hybridized carbons (Fsp3) is 0.259. The van der Waals surface area contributed by atoms with E-state index in [9.17, 15) is 8.78 Å². The molecule has 0 aromatic heterocycles. The van der Waals surface area contributed by atoms with Crippen molar-refractivity contribution in [2.75, 3.05) is 6.61 Å². The van der Waals surface area contributed by atoms with Crippen LogP contribution in [0.1, 0.15) is 41.2 Å².